The summed E-state index contributed by atoms with van der Waals surface area (Å²) < 4.78 is 5.26. The van der Waals surface area contributed by atoms with Crippen molar-refractivity contribution in [3.05, 3.63) is 60.0 Å². The fraction of sp³-hybridized carbons (Fsp3) is 0.414. The SMILES string of the molecule is CC(C)(C)OC(=O)NCCCc1cnc(N2CCC(c3c[nH]c4nnc(-c5ccccc5O)cc34)CC2)nc1. The lowest BCUT2D eigenvalue weighted by molar-refractivity contribution is 0.0527. The zero-order valence-corrected chi connectivity index (χ0v) is 22.6. The summed E-state index contributed by atoms with van der Waals surface area (Å²) in [4.78, 5) is 26.5. The molecule has 39 heavy (non-hydrogen) atoms. The summed E-state index contributed by atoms with van der Waals surface area (Å²) in [6.07, 6.45) is 8.91. The minimum absolute atomic E-state index is 0.194. The van der Waals surface area contributed by atoms with Crippen LogP contribution in [0, 0.1) is 0 Å². The van der Waals surface area contributed by atoms with Crippen molar-refractivity contribution in [2.45, 2.75) is 58.0 Å². The van der Waals surface area contributed by atoms with E-state index < -0.39 is 11.7 Å². The van der Waals surface area contributed by atoms with E-state index in [1.807, 2.05) is 57.6 Å². The van der Waals surface area contributed by atoms with Crippen LogP contribution in [0.25, 0.3) is 22.3 Å². The van der Waals surface area contributed by atoms with Gasteiger partial charge in [-0.25, -0.2) is 14.8 Å². The lowest BCUT2D eigenvalue weighted by atomic mass is 9.89. The predicted octanol–water partition coefficient (Wildman–Crippen LogP) is 4.96. The number of piperidine rings is 1. The summed E-state index contributed by atoms with van der Waals surface area (Å²) >= 11 is 0. The molecule has 0 atom stereocenters. The molecule has 1 aliphatic heterocycles. The highest BCUT2D eigenvalue weighted by Gasteiger charge is 2.25. The molecule has 0 aliphatic carbocycles. The molecule has 0 unspecified atom stereocenters. The number of carbonyl (C=O) groups excluding carboxylic acids is 1. The number of ether oxygens (including phenoxy) is 1. The monoisotopic (exact) mass is 529 g/mol. The average molecular weight is 530 g/mol. The minimum Gasteiger partial charge on any atom is -0.507 e. The largest absolute Gasteiger partial charge is 0.507 e. The second-order valence-corrected chi connectivity index (χ2v) is 10.9. The maximum atomic E-state index is 11.8. The van der Waals surface area contributed by atoms with Crippen molar-refractivity contribution < 1.29 is 14.6 Å². The number of phenols is 1. The highest BCUT2D eigenvalue weighted by atomic mass is 16.6. The van der Waals surface area contributed by atoms with E-state index in [9.17, 15) is 9.90 Å². The van der Waals surface area contributed by atoms with Crippen molar-refractivity contribution in [3.63, 3.8) is 0 Å². The fourth-order valence-corrected chi connectivity index (χ4v) is 4.93. The highest BCUT2D eigenvalue weighted by molar-refractivity contribution is 5.84. The van der Waals surface area contributed by atoms with Crippen molar-refractivity contribution in [1.29, 1.82) is 0 Å². The quantitative estimate of drug-likeness (QED) is 0.287. The van der Waals surface area contributed by atoms with Gasteiger partial charge in [0, 0.05) is 49.2 Å². The van der Waals surface area contributed by atoms with Crippen molar-refractivity contribution in [3.8, 4) is 17.0 Å². The number of hydrogen-bond acceptors (Lipinski definition) is 8. The van der Waals surface area contributed by atoms with Crippen LogP contribution < -0.4 is 10.2 Å². The molecule has 1 amide bonds. The number of para-hydroxylation sites is 1. The predicted molar refractivity (Wildman–Crippen MR) is 150 cm³/mol. The molecule has 0 spiro atoms. The maximum absolute atomic E-state index is 11.8. The zero-order valence-electron chi connectivity index (χ0n) is 22.6. The van der Waals surface area contributed by atoms with Gasteiger partial charge in [-0.05, 0) is 81.7 Å². The smallest absolute Gasteiger partial charge is 0.407 e. The number of benzene rings is 1. The van der Waals surface area contributed by atoms with Gasteiger partial charge in [-0.2, -0.15) is 0 Å². The number of aromatic nitrogens is 5. The molecule has 0 saturated carbocycles. The number of aryl methyl sites for hydroxylation is 1. The van der Waals surface area contributed by atoms with Crippen molar-refractivity contribution in [1.82, 2.24) is 30.5 Å². The van der Waals surface area contributed by atoms with E-state index >= 15 is 0 Å². The van der Waals surface area contributed by atoms with Gasteiger partial charge in [0.2, 0.25) is 5.95 Å². The van der Waals surface area contributed by atoms with Crippen molar-refractivity contribution in [2.24, 2.45) is 0 Å². The standard InChI is InChI=1S/C29H35N7O3/c1-29(2,3)39-28(38)30-12-6-7-19-16-32-27(33-17-19)36-13-10-20(11-14-36)23-18-31-26-22(23)15-24(34-35-26)21-8-4-5-9-25(21)37/h4-5,8-9,15-18,20,37H,6-7,10-14H2,1-3H3,(H,30,38)(H,31,35). The van der Waals surface area contributed by atoms with Gasteiger partial charge in [-0.3, -0.25) is 0 Å². The van der Waals surface area contributed by atoms with E-state index in [0.29, 0.717) is 23.7 Å². The lowest BCUT2D eigenvalue weighted by Crippen LogP contribution is -2.34. The van der Waals surface area contributed by atoms with Crippen LogP contribution in [0.1, 0.15) is 57.1 Å². The average Bonchev–Trinajstić information content (AvgIpc) is 3.34. The molecule has 0 radical (unpaired) electrons. The van der Waals surface area contributed by atoms with Crippen molar-refractivity contribution >= 4 is 23.1 Å². The first kappa shape index (κ1) is 26.4. The number of rotatable bonds is 7. The molecule has 1 saturated heterocycles. The van der Waals surface area contributed by atoms with Gasteiger partial charge < -0.3 is 25.0 Å². The van der Waals surface area contributed by atoms with E-state index in [-0.39, 0.29) is 5.75 Å². The fourth-order valence-electron chi connectivity index (χ4n) is 4.93. The van der Waals surface area contributed by atoms with Crippen LogP contribution in [0.15, 0.2) is 48.9 Å². The molecular formula is C29H35N7O3. The third-order valence-electron chi connectivity index (χ3n) is 6.87. The number of hydrogen-bond donors (Lipinski definition) is 3. The number of carbonyl (C=O) groups is 1. The number of amides is 1. The van der Waals surface area contributed by atoms with Gasteiger partial charge in [0.25, 0.3) is 0 Å². The van der Waals surface area contributed by atoms with Crippen LogP contribution in [0.5, 0.6) is 5.75 Å². The Bertz CT molecular complexity index is 1420. The van der Waals surface area contributed by atoms with Crippen LogP contribution in [0.2, 0.25) is 0 Å². The third-order valence-corrected chi connectivity index (χ3v) is 6.87. The lowest BCUT2D eigenvalue weighted by Gasteiger charge is -2.32. The van der Waals surface area contributed by atoms with Gasteiger partial charge in [0.15, 0.2) is 5.65 Å². The van der Waals surface area contributed by atoms with Gasteiger partial charge in [-0.15, -0.1) is 10.2 Å². The van der Waals surface area contributed by atoms with E-state index in [4.69, 9.17) is 4.74 Å². The number of fused-ring (bicyclic) bond motifs is 1. The number of aromatic amines is 1. The third kappa shape index (κ3) is 6.45. The first-order chi connectivity index (χ1) is 18.8. The summed E-state index contributed by atoms with van der Waals surface area (Å²) in [5, 5.41) is 22.7. The van der Waals surface area contributed by atoms with Crippen molar-refractivity contribution in [2.75, 3.05) is 24.5 Å². The Morgan fingerprint density at radius 1 is 1.15 bits per heavy atom. The molecular weight excluding hydrogens is 494 g/mol. The molecule has 10 heteroatoms. The van der Waals surface area contributed by atoms with E-state index in [2.05, 4.69) is 35.4 Å². The van der Waals surface area contributed by atoms with Gasteiger partial charge in [0.1, 0.15) is 11.4 Å². The minimum atomic E-state index is -0.497. The van der Waals surface area contributed by atoms with E-state index in [1.54, 1.807) is 12.1 Å². The Hall–Kier alpha value is -4.21. The van der Waals surface area contributed by atoms with Gasteiger partial charge in [0.05, 0.1) is 5.69 Å². The Labute approximate surface area is 227 Å². The number of phenolic OH excluding ortho intramolecular Hbond substituents is 1. The Balaban J connectivity index is 1.15. The van der Waals surface area contributed by atoms with Crippen LogP contribution in [0.3, 0.4) is 0 Å². The molecule has 0 bridgehead atoms. The highest BCUT2D eigenvalue weighted by Crippen LogP contribution is 2.35. The molecule has 3 aromatic heterocycles. The van der Waals surface area contributed by atoms with E-state index in [1.165, 1.54) is 5.56 Å². The zero-order chi connectivity index (χ0) is 27.4. The number of H-pyrrole nitrogens is 1. The molecule has 4 aromatic rings. The number of nitrogens with zero attached hydrogens (tertiary/aromatic N) is 5. The molecule has 3 N–H and O–H groups in total. The molecule has 5 rings (SSSR count). The molecule has 4 heterocycles. The Morgan fingerprint density at radius 3 is 2.62 bits per heavy atom. The summed E-state index contributed by atoms with van der Waals surface area (Å²) in [6, 6.07) is 9.20. The molecule has 1 aliphatic rings. The Kier molecular flexibility index (Phi) is 7.63. The van der Waals surface area contributed by atoms with Crippen LogP contribution in [0.4, 0.5) is 10.7 Å². The van der Waals surface area contributed by atoms with Crippen LogP contribution in [-0.2, 0) is 11.2 Å². The molecule has 1 aromatic carbocycles. The second kappa shape index (κ2) is 11.3. The molecule has 10 nitrogen and oxygen atoms in total. The Morgan fingerprint density at radius 2 is 1.90 bits per heavy atom. The number of anilines is 1. The number of aromatic hydroxyl groups is 1. The second-order valence-electron chi connectivity index (χ2n) is 10.9. The maximum Gasteiger partial charge on any atom is 0.407 e. The molecule has 1 fully saturated rings. The summed E-state index contributed by atoms with van der Waals surface area (Å²) in [7, 11) is 0. The number of nitrogens with one attached hydrogen (secondary N) is 2. The first-order valence-electron chi connectivity index (χ1n) is 13.4. The molecule has 204 valence electrons. The van der Waals surface area contributed by atoms with Crippen LogP contribution >= 0.6 is 0 Å². The summed E-state index contributed by atoms with van der Waals surface area (Å²) in [6.45, 7) is 7.81. The van der Waals surface area contributed by atoms with Gasteiger partial charge >= 0.3 is 6.09 Å². The topological polar surface area (TPSA) is 129 Å². The van der Waals surface area contributed by atoms with Crippen LogP contribution in [-0.4, -0.2) is 61.6 Å². The summed E-state index contributed by atoms with van der Waals surface area (Å²) in [5.41, 5.74) is 3.86. The number of alkyl carbamates (subject to hydrolysis) is 1. The summed E-state index contributed by atoms with van der Waals surface area (Å²) in [5.74, 6) is 1.32. The van der Waals surface area contributed by atoms with E-state index in [0.717, 1.165) is 61.3 Å². The normalized spacial score (nSPS) is 14.5. The van der Waals surface area contributed by atoms with Gasteiger partial charge in [-0.1, -0.05) is 12.1 Å². The first-order valence-corrected chi connectivity index (χ1v) is 13.4.